The molecule has 0 bridgehead atoms. The van der Waals surface area contributed by atoms with Crippen LogP contribution in [0.3, 0.4) is 0 Å². The lowest BCUT2D eigenvalue weighted by Crippen LogP contribution is -2.10. The predicted molar refractivity (Wildman–Crippen MR) is 59.2 cm³/mol. The first kappa shape index (κ1) is 10.8. The molecule has 0 saturated heterocycles. The molecule has 1 N–H and O–H groups in total. The smallest absolute Gasteiger partial charge is 0.163 e. The molecule has 1 aromatic heterocycles. The van der Waals surface area contributed by atoms with Crippen molar-refractivity contribution in [3.05, 3.63) is 35.9 Å². The topological polar surface area (TPSA) is 42.7 Å². The van der Waals surface area contributed by atoms with Crippen LogP contribution in [-0.2, 0) is 13.6 Å². The number of halogens is 1. The highest BCUT2D eigenvalue weighted by molar-refractivity contribution is 5.55. The van der Waals surface area contributed by atoms with E-state index in [9.17, 15) is 4.39 Å². The van der Waals surface area contributed by atoms with E-state index in [1.165, 1.54) is 12.1 Å². The van der Waals surface area contributed by atoms with Gasteiger partial charge in [-0.05, 0) is 19.2 Å². The molecule has 0 radical (unpaired) electrons. The van der Waals surface area contributed by atoms with Crippen molar-refractivity contribution < 1.29 is 4.39 Å². The van der Waals surface area contributed by atoms with Gasteiger partial charge in [-0.1, -0.05) is 12.1 Å². The molecule has 4 nitrogen and oxygen atoms in total. The zero-order valence-corrected chi connectivity index (χ0v) is 9.24. The molecule has 0 aliphatic carbocycles. The molecule has 2 aromatic rings. The Labute approximate surface area is 93.1 Å². The molecule has 16 heavy (non-hydrogen) atoms. The lowest BCUT2D eigenvalue weighted by molar-refractivity contribution is 0.628. The Bertz CT molecular complexity index is 492. The summed E-state index contributed by atoms with van der Waals surface area (Å²) in [4.78, 5) is 0. The van der Waals surface area contributed by atoms with E-state index in [0.717, 1.165) is 11.4 Å². The van der Waals surface area contributed by atoms with Crippen LogP contribution in [0.25, 0.3) is 11.4 Å². The quantitative estimate of drug-likeness (QED) is 0.848. The third kappa shape index (κ3) is 1.94. The fourth-order valence-electron chi connectivity index (χ4n) is 1.55. The lowest BCUT2D eigenvalue weighted by atomic mass is 10.2. The summed E-state index contributed by atoms with van der Waals surface area (Å²) in [5, 5.41) is 11.1. The summed E-state index contributed by atoms with van der Waals surface area (Å²) in [6.45, 7) is 0.638. The molecule has 0 atom stereocenters. The minimum atomic E-state index is -0.268. The van der Waals surface area contributed by atoms with Gasteiger partial charge in [0, 0.05) is 12.6 Å². The Hall–Kier alpha value is -1.75. The Balaban J connectivity index is 2.41. The average Bonchev–Trinajstić information content (AvgIpc) is 2.61. The van der Waals surface area contributed by atoms with E-state index < -0.39 is 0 Å². The van der Waals surface area contributed by atoms with E-state index in [0.29, 0.717) is 12.4 Å². The molecule has 84 valence electrons. The summed E-state index contributed by atoms with van der Waals surface area (Å²) < 4.78 is 14.9. The van der Waals surface area contributed by atoms with Crippen molar-refractivity contribution in [3.8, 4) is 11.4 Å². The van der Waals surface area contributed by atoms with Crippen LogP contribution in [0.15, 0.2) is 24.3 Å². The normalized spacial score (nSPS) is 10.7. The van der Waals surface area contributed by atoms with Crippen molar-refractivity contribution in [1.29, 1.82) is 0 Å². The molecular formula is C11H13FN4. The fraction of sp³-hybridized carbons (Fsp3) is 0.273. The third-order valence-electron chi connectivity index (χ3n) is 2.38. The first-order valence-corrected chi connectivity index (χ1v) is 5.01. The first-order valence-electron chi connectivity index (χ1n) is 5.01. The van der Waals surface area contributed by atoms with Crippen molar-refractivity contribution in [2.45, 2.75) is 6.54 Å². The molecular weight excluding hydrogens is 207 g/mol. The van der Waals surface area contributed by atoms with Crippen molar-refractivity contribution in [2.75, 3.05) is 7.05 Å². The maximum atomic E-state index is 13.1. The maximum absolute atomic E-state index is 13.1. The number of hydrogen-bond acceptors (Lipinski definition) is 3. The van der Waals surface area contributed by atoms with Gasteiger partial charge in [0.25, 0.3) is 0 Å². The number of aromatic nitrogens is 3. The number of benzene rings is 1. The minimum Gasteiger partial charge on any atom is -0.313 e. The zero-order valence-electron chi connectivity index (χ0n) is 9.24. The van der Waals surface area contributed by atoms with Gasteiger partial charge in [-0.15, -0.1) is 10.2 Å². The van der Waals surface area contributed by atoms with Gasteiger partial charge < -0.3 is 9.88 Å². The second-order valence-electron chi connectivity index (χ2n) is 3.54. The molecule has 2 rings (SSSR count). The summed E-state index contributed by atoms with van der Waals surface area (Å²) in [5.74, 6) is 1.22. The Morgan fingerprint density at radius 1 is 1.38 bits per heavy atom. The van der Waals surface area contributed by atoms with Gasteiger partial charge >= 0.3 is 0 Å². The SMILES string of the molecule is CNCc1nnc(-c2cccc(F)c2)n1C. The van der Waals surface area contributed by atoms with Crippen LogP contribution in [0.5, 0.6) is 0 Å². The Morgan fingerprint density at radius 2 is 2.19 bits per heavy atom. The highest BCUT2D eigenvalue weighted by atomic mass is 19.1. The van der Waals surface area contributed by atoms with E-state index in [1.54, 1.807) is 6.07 Å². The van der Waals surface area contributed by atoms with Crippen molar-refractivity contribution in [2.24, 2.45) is 7.05 Å². The summed E-state index contributed by atoms with van der Waals surface area (Å²) in [7, 11) is 3.71. The molecule has 0 aliphatic rings. The van der Waals surface area contributed by atoms with Gasteiger partial charge in [-0.3, -0.25) is 0 Å². The van der Waals surface area contributed by atoms with E-state index >= 15 is 0 Å². The molecule has 5 heteroatoms. The Kier molecular flexibility index (Phi) is 2.96. The van der Waals surface area contributed by atoms with Gasteiger partial charge in [0.05, 0.1) is 6.54 Å². The van der Waals surface area contributed by atoms with E-state index in [1.807, 2.05) is 24.7 Å². The standard InChI is InChI=1S/C11H13FN4/c1-13-7-10-14-15-11(16(10)2)8-4-3-5-9(12)6-8/h3-6,13H,7H2,1-2H3. The third-order valence-corrected chi connectivity index (χ3v) is 2.38. The number of rotatable bonds is 3. The second-order valence-corrected chi connectivity index (χ2v) is 3.54. The van der Waals surface area contributed by atoms with Gasteiger partial charge in [0.15, 0.2) is 5.82 Å². The summed E-state index contributed by atoms with van der Waals surface area (Å²) >= 11 is 0. The van der Waals surface area contributed by atoms with Crippen LogP contribution in [0.2, 0.25) is 0 Å². The highest BCUT2D eigenvalue weighted by Crippen LogP contribution is 2.17. The summed E-state index contributed by atoms with van der Waals surface area (Å²) in [5.41, 5.74) is 0.734. The van der Waals surface area contributed by atoms with Crippen LogP contribution in [-0.4, -0.2) is 21.8 Å². The molecule has 1 heterocycles. The highest BCUT2D eigenvalue weighted by Gasteiger charge is 2.10. The first-order chi connectivity index (χ1) is 7.72. The van der Waals surface area contributed by atoms with Gasteiger partial charge in [0.1, 0.15) is 11.6 Å². The van der Waals surface area contributed by atoms with Crippen LogP contribution in [0.1, 0.15) is 5.82 Å². The van der Waals surface area contributed by atoms with Crippen molar-refractivity contribution in [1.82, 2.24) is 20.1 Å². The summed E-state index contributed by atoms with van der Waals surface area (Å²) in [6, 6.07) is 6.34. The van der Waals surface area contributed by atoms with E-state index in [2.05, 4.69) is 15.5 Å². The number of nitrogens with one attached hydrogen (secondary N) is 1. The fourth-order valence-corrected chi connectivity index (χ4v) is 1.55. The van der Waals surface area contributed by atoms with E-state index in [-0.39, 0.29) is 5.82 Å². The van der Waals surface area contributed by atoms with Crippen LogP contribution >= 0.6 is 0 Å². The monoisotopic (exact) mass is 220 g/mol. The van der Waals surface area contributed by atoms with Crippen molar-refractivity contribution >= 4 is 0 Å². The largest absolute Gasteiger partial charge is 0.313 e. The minimum absolute atomic E-state index is 0.268. The molecule has 1 aromatic carbocycles. The molecule has 0 saturated carbocycles. The van der Waals surface area contributed by atoms with Gasteiger partial charge in [-0.25, -0.2) is 4.39 Å². The van der Waals surface area contributed by atoms with Crippen LogP contribution in [0, 0.1) is 5.82 Å². The Morgan fingerprint density at radius 3 is 2.88 bits per heavy atom. The van der Waals surface area contributed by atoms with Crippen molar-refractivity contribution in [3.63, 3.8) is 0 Å². The molecule has 0 unspecified atom stereocenters. The van der Waals surface area contributed by atoms with E-state index in [4.69, 9.17) is 0 Å². The second kappa shape index (κ2) is 4.40. The predicted octanol–water partition coefficient (Wildman–Crippen LogP) is 1.34. The zero-order chi connectivity index (χ0) is 11.5. The van der Waals surface area contributed by atoms with Crippen LogP contribution < -0.4 is 5.32 Å². The lowest BCUT2D eigenvalue weighted by Gasteiger charge is -2.03. The average molecular weight is 220 g/mol. The summed E-state index contributed by atoms with van der Waals surface area (Å²) in [6.07, 6.45) is 0. The maximum Gasteiger partial charge on any atom is 0.163 e. The molecule has 0 aliphatic heterocycles. The number of hydrogen-bond donors (Lipinski definition) is 1. The molecule has 0 spiro atoms. The molecule has 0 fully saturated rings. The number of nitrogens with zero attached hydrogens (tertiary/aromatic N) is 3. The van der Waals surface area contributed by atoms with Gasteiger partial charge in [0.2, 0.25) is 0 Å². The van der Waals surface area contributed by atoms with Gasteiger partial charge in [-0.2, -0.15) is 0 Å². The van der Waals surface area contributed by atoms with Crippen LogP contribution in [0.4, 0.5) is 4.39 Å². The molecule has 0 amide bonds.